The Balaban J connectivity index is 2.08. The third kappa shape index (κ3) is 3.05. The fourth-order valence-corrected chi connectivity index (χ4v) is 4.36. The van der Waals surface area contributed by atoms with Crippen molar-refractivity contribution in [2.24, 2.45) is 0 Å². The van der Waals surface area contributed by atoms with Crippen LogP contribution in [0.15, 0.2) is 15.7 Å². The van der Waals surface area contributed by atoms with Gasteiger partial charge in [-0.15, -0.1) is 11.3 Å². The van der Waals surface area contributed by atoms with Crippen molar-refractivity contribution in [3.05, 3.63) is 17.0 Å². The van der Waals surface area contributed by atoms with Gasteiger partial charge in [0.1, 0.15) is 4.21 Å². The van der Waals surface area contributed by atoms with Gasteiger partial charge in [-0.2, -0.15) is 0 Å². The Bertz CT molecular complexity index is 483. The van der Waals surface area contributed by atoms with E-state index in [0.717, 1.165) is 30.8 Å². The van der Waals surface area contributed by atoms with Crippen molar-refractivity contribution in [1.29, 1.82) is 0 Å². The lowest BCUT2D eigenvalue weighted by molar-refractivity contribution is 0.282. The molecule has 0 spiro atoms. The quantitative estimate of drug-likeness (QED) is 0.825. The summed E-state index contributed by atoms with van der Waals surface area (Å²) in [5.41, 5.74) is 0.638. The first-order valence-electron chi connectivity index (χ1n) is 5.40. The molecule has 0 amide bonds. The second-order valence-corrected chi connectivity index (χ2v) is 7.15. The minimum atomic E-state index is -3.43. The highest BCUT2D eigenvalue weighted by Crippen LogP contribution is 2.21. The molecule has 2 heterocycles. The molecule has 1 fully saturated rings. The lowest BCUT2D eigenvalue weighted by Crippen LogP contribution is -2.36. The second kappa shape index (κ2) is 5.03. The molecule has 1 saturated heterocycles. The number of nitrogens with zero attached hydrogens (tertiary/aromatic N) is 1. The number of thiophene rings is 1. The molecule has 0 bridgehead atoms. The van der Waals surface area contributed by atoms with Crippen LogP contribution in [0.4, 0.5) is 0 Å². The van der Waals surface area contributed by atoms with E-state index in [1.807, 2.05) is 7.05 Å². The molecule has 0 saturated carbocycles. The SMILES string of the molecule is CN1CCC(NS(=O)(=O)c2cc(CO)cs2)C1. The number of likely N-dealkylation sites (tertiary alicyclic amines) is 1. The number of sulfonamides is 1. The van der Waals surface area contributed by atoms with E-state index in [4.69, 9.17) is 5.11 Å². The van der Waals surface area contributed by atoms with Crippen LogP contribution in [-0.4, -0.2) is 44.6 Å². The second-order valence-electron chi connectivity index (χ2n) is 4.30. The van der Waals surface area contributed by atoms with E-state index in [9.17, 15) is 8.42 Å². The smallest absolute Gasteiger partial charge is 0.250 e. The van der Waals surface area contributed by atoms with Crippen LogP contribution in [0.3, 0.4) is 0 Å². The standard InChI is InChI=1S/C10H16N2O3S2/c1-12-3-2-9(5-12)11-17(14,15)10-4-8(6-13)7-16-10/h4,7,9,11,13H,2-3,5-6H2,1H3. The van der Waals surface area contributed by atoms with Crippen LogP contribution in [0.1, 0.15) is 12.0 Å². The van der Waals surface area contributed by atoms with Crippen molar-refractivity contribution in [2.45, 2.75) is 23.3 Å². The van der Waals surface area contributed by atoms with Gasteiger partial charge >= 0.3 is 0 Å². The summed E-state index contributed by atoms with van der Waals surface area (Å²) in [6.07, 6.45) is 0.841. The van der Waals surface area contributed by atoms with Gasteiger partial charge in [0.15, 0.2) is 0 Å². The van der Waals surface area contributed by atoms with Crippen molar-refractivity contribution in [1.82, 2.24) is 9.62 Å². The first-order valence-corrected chi connectivity index (χ1v) is 7.76. The van der Waals surface area contributed by atoms with E-state index in [0.29, 0.717) is 5.56 Å². The number of hydrogen-bond acceptors (Lipinski definition) is 5. The first kappa shape index (κ1) is 13.0. The predicted molar refractivity (Wildman–Crippen MR) is 66.5 cm³/mol. The van der Waals surface area contributed by atoms with Crippen LogP contribution in [0.5, 0.6) is 0 Å². The minimum absolute atomic E-state index is 0.00956. The third-order valence-corrected chi connectivity index (χ3v) is 5.80. The number of likely N-dealkylation sites (N-methyl/N-ethyl adjacent to an activating group) is 1. The summed E-state index contributed by atoms with van der Waals surface area (Å²) in [6, 6.07) is 1.51. The summed E-state index contributed by atoms with van der Waals surface area (Å²) in [5.74, 6) is 0. The first-order chi connectivity index (χ1) is 8.01. The largest absolute Gasteiger partial charge is 0.392 e. The van der Waals surface area contributed by atoms with Crippen LogP contribution >= 0.6 is 11.3 Å². The molecule has 1 aliphatic rings. The topological polar surface area (TPSA) is 69.6 Å². The third-order valence-electron chi connectivity index (χ3n) is 2.79. The number of aliphatic hydroxyl groups is 1. The number of aliphatic hydroxyl groups excluding tert-OH is 1. The molecule has 7 heteroatoms. The zero-order valence-electron chi connectivity index (χ0n) is 9.59. The summed E-state index contributed by atoms with van der Waals surface area (Å²) in [7, 11) is -1.45. The molecule has 2 N–H and O–H groups in total. The monoisotopic (exact) mass is 276 g/mol. The highest BCUT2D eigenvalue weighted by molar-refractivity contribution is 7.91. The molecule has 1 aliphatic heterocycles. The summed E-state index contributed by atoms with van der Waals surface area (Å²) in [4.78, 5) is 2.10. The Morgan fingerprint density at radius 1 is 1.65 bits per heavy atom. The van der Waals surface area contributed by atoms with E-state index in [-0.39, 0.29) is 16.9 Å². The van der Waals surface area contributed by atoms with Crippen molar-refractivity contribution < 1.29 is 13.5 Å². The highest BCUT2D eigenvalue weighted by atomic mass is 32.2. The maximum absolute atomic E-state index is 12.0. The lowest BCUT2D eigenvalue weighted by atomic mass is 10.3. The minimum Gasteiger partial charge on any atom is -0.392 e. The molecule has 0 aliphatic carbocycles. The van der Waals surface area contributed by atoms with Crippen LogP contribution in [0, 0.1) is 0 Å². The van der Waals surface area contributed by atoms with E-state index < -0.39 is 10.0 Å². The number of hydrogen-bond donors (Lipinski definition) is 2. The molecule has 0 aromatic carbocycles. The van der Waals surface area contributed by atoms with Gasteiger partial charge in [-0.25, -0.2) is 13.1 Å². The molecule has 1 unspecified atom stereocenters. The molecule has 0 radical (unpaired) electrons. The molecule has 96 valence electrons. The van der Waals surface area contributed by atoms with Crippen molar-refractivity contribution in [3.8, 4) is 0 Å². The van der Waals surface area contributed by atoms with E-state index in [1.165, 1.54) is 6.07 Å². The number of rotatable bonds is 4. The van der Waals surface area contributed by atoms with Crippen LogP contribution in [0.25, 0.3) is 0 Å². The molecule has 17 heavy (non-hydrogen) atoms. The molecular formula is C10H16N2O3S2. The van der Waals surface area contributed by atoms with Crippen LogP contribution < -0.4 is 4.72 Å². The maximum Gasteiger partial charge on any atom is 0.250 e. The zero-order chi connectivity index (χ0) is 12.5. The van der Waals surface area contributed by atoms with Crippen LogP contribution in [-0.2, 0) is 16.6 Å². The van der Waals surface area contributed by atoms with Gasteiger partial charge in [0.2, 0.25) is 10.0 Å². The molecule has 1 atom stereocenters. The molecule has 1 aromatic heterocycles. The Kier molecular flexibility index (Phi) is 3.84. The average Bonchev–Trinajstić information content (AvgIpc) is 2.86. The number of nitrogens with one attached hydrogen (secondary N) is 1. The molecule has 5 nitrogen and oxygen atoms in total. The van der Waals surface area contributed by atoms with Gasteiger partial charge in [-0.3, -0.25) is 0 Å². The van der Waals surface area contributed by atoms with E-state index >= 15 is 0 Å². The predicted octanol–water partition coefficient (Wildman–Crippen LogP) is 0.223. The van der Waals surface area contributed by atoms with E-state index in [1.54, 1.807) is 5.38 Å². The molecule has 1 aromatic rings. The zero-order valence-corrected chi connectivity index (χ0v) is 11.2. The highest BCUT2D eigenvalue weighted by Gasteiger charge is 2.26. The summed E-state index contributed by atoms with van der Waals surface area (Å²) >= 11 is 1.14. The summed E-state index contributed by atoms with van der Waals surface area (Å²) < 4.78 is 27.0. The van der Waals surface area contributed by atoms with E-state index in [2.05, 4.69) is 9.62 Å². The van der Waals surface area contributed by atoms with Gasteiger partial charge in [0.05, 0.1) is 6.61 Å². The fraction of sp³-hybridized carbons (Fsp3) is 0.600. The van der Waals surface area contributed by atoms with Crippen molar-refractivity contribution >= 4 is 21.4 Å². The average molecular weight is 276 g/mol. The van der Waals surface area contributed by atoms with Gasteiger partial charge < -0.3 is 10.0 Å². The van der Waals surface area contributed by atoms with Gasteiger partial charge in [-0.1, -0.05) is 0 Å². The normalized spacial score (nSPS) is 22.1. The van der Waals surface area contributed by atoms with Crippen LogP contribution in [0.2, 0.25) is 0 Å². The lowest BCUT2D eigenvalue weighted by Gasteiger charge is -2.12. The van der Waals surface area contributed by atoms with Crippen molar-refractivity contribution in [2.75, 3.05) is 20.1 Å². The summed E-state index contributed by atoms with van der Waals surface area (Å²) in [5, 5.41) is 10.6. The summed E-state index contributed by atoms with van der Waals surface area (Å²) in [6.45, 7) is 1.54. The Morgan fingerprint density at radius 3 is 2.94 bits per heavy atom. The molecule has 2 rings (SSSR count). The van der Waals surface area contributed by atoms with Gasteiger partial charge in [-0.05, 0) is 37.0 Å². The fourth-order valence-electron chi connectivity index (χ4n) is 1.89. The van der Waals surface area contributed by atoms with Gasteiger partial charge in [0.25, 0.3) is 0 Å². The Morgan fingerprint density at radius 2 is 2.41 bits per heavy atom. The maximum atomic E-state index is 12.0. The Hall–Kier alpha value is -0.470. The Labute approximate surface area is 105 Å². The molecular weight excluding hydrogens is 260 g/mol. The van der Waals surface area contributed by atoms with Crippen molar-refractivity contribution in [3.63, 3.8) is 0 Å². The van der Waals surface area contributed by atoms with Gasteiger partial charge in [0, 0.05) is 12.6 Å².